The first-order valence-corrected chi connectivity index (χ1v) is 7.57. The van der Waals surface area contributed by atoms with Gasteiger partial charge in [0.25, 0.3) is 5.69 Å². The molecule has 0 aliphatic rings. The van der Waals surface area contributed by atoms with Gasteiger partial charge in [0.05, 0.1) is 28.5 Å². The first-order chi connectivity index (χ1) is 9.65. The molecule has 0 saturated carbocycles. The van der Waals surface area contributed by atoms with Crippen molar-refractivity contribution < 1.29 is 14.4 Å². The molecule has 0 aliphatic heterocycles. The average molecular weight is 359 g/mol. The topological polar surface area (TPSA) is 74.5 Å². The van der Waals surface area contributed by atoms with Crippen LogP contribution in [0.2, 0.25) is 0 Å². The molecule has 0 radical (unpaired) electrons. The van der Waals surface area contributed by atoms with Crippen molar-refractivity contribution in [1.29, 1.82) is 0 Å². The zero-order valence-corrected chi connectivity index (χ0v) is 12.9. The van der Waals surface area contributed by atoms with Gasteiger partial charge in [0, 0.05) is 17.1 Å². The van der Waals surface area contributed by atoms with Gasteiger partial charge in [-0.3, -0.25) is 15.1 Å². The summed E-state index contributed by atoms with van der Waals surface area (Å²) in [6.45, 7) is 0.297. The number of thiazole rings is 1. The fourth-order valence-corrected chi connectivity index (χ4v) is 2.56. The maximum absolute atomic E-state index is 11.0. The van der Waals surface area contributed by atoms with Crippen molar-refractivity contribution in [2.24, 2.45) is 0 Å². The van der Waals surface area contributed by atoms with Crippen molar-refractivity contribution >= 4 is 33.0 Å². The molecular formula is C12H11BrN2O4S. The van der Waals surface area contributed by atoms with Crippen molar-refractivity contribution in [3.05, 3.63) is 44.4 Å². The first kappa shape index (κ1) is 14.7. The van der Waals surface area contributed by atoms with Gasteiger partial charge in [-0.25, -0.2) is 0 Å². The number of halogens is 1. The summed E-state index contributed by atoms with van der Waals surface area (Å²) in [4.78, 5) is 15.5. The van der Waals surface area contributed by atoms with Gasteiger partial charge < -0.3 is 9.47 Å². The predicted octanol–water partition coefficient (Wildman–Crippen LogP) is 3.53. The van der Waals surface area contributed by atoms with Crippen LogP contribution in [0.4, 0.5) is 5.69 Å². The number of ether oxygens (including phenoxy) is 2. The lowest BCUT2D eigenvalue weighted by Crippen LogP contribution is -2.00. The highest BCUT2D eigenvalue weighted by Crippen LogP contribution is 2.36. The van der Waals surface area contributed by atoms with E-state index < -0.39 is 4.92 Å². The Morgan fingerprint density at radius 1 is 1.45 bits per heavy atom. The van der Waals surface area contributed by atoms with Gasteiger partial charge in [-0.15, -0.1) is 11.3 Å². The molecule has 0 N–H and O–H groups in total. The Hall–Kier alpha value is -1.67. The third kappa shape index (κ3) is 3.26. The quantitative estimate of drug-likeness (QED) is 0.448. The number of methoxy groups -OCH3 is 1. The summed E-state index contributed by atoms with van der Waals surface area (Å²) in [6.07, 6.45) is 1.69. The minimum Gasteiger partial charge on any atom is -0.493 e. The molecule has 0 saturated heterocycles. The first-order valence-electron chi connectivity index (χ1n) is 5.57. The van der Waals surface area contributed by atoms with E-state index in [9.17, 15) is 10.1 Å². The SMILES string of the molecule is COc1cc(CBr)c([N+](=O)[O-])cc1OCc1cncs1. The molecule has 20 heavy (non-hydrogen) atoms. The lowest BCUT2D eigenvalue weighted by molar-refractivity contribution is -0.385. The third-order valence-electron chi connectivity index (χ3n) is 2.56. The number of rotatable bonds is 6. The number of alkyl halides is 1. The predicted molar refractivity (Wildman–Crippen MR) is 78.7 cm³/mol. The van der Waals surface area contributed by atoms with Crippen LogP contribution in [-0.4, -0.2) is 17.0 Å². The summed E-state index contributed by atoms with van der Waals surface area (Å²) in [7, 11) is 1.50. The molecule has 2 aromatic rings. The van der Waals surface area contributed by atoms with Crippen molar-refractivity contribution in [2.45, 2.75) is 11.9 Å². The van der Waals surface area contributed by atoms with Gasteiger partial charge in [0.2, 0.25) is 0 Å². The van der Waals surface area contributed by atoms with E-state index in [1.807, 2.05) is 0 Å². The third-order valence-corrected chi connectivity index (χ3v) is 3.92. The number of benzene rings is 1. The lowest BCUT2D eigenvalue weighted by Gasteiger charge is -2.11. The van der Waals surface area contributed by atoms with E-state index in [0.29, 0.717) is 29.0 Å². The second-order valence-electron chi connectivity index (χ2n) is 3.78. The summed E-state index contributed by atoms with van der Waals surface area (Å²) in [5.41, 5.74) is 2.24. The fourth-order valence-electron chi connectivity index (χ4n) is 1.60. The Kier molecular flexibility index (Phi) is 4.91. The van der Waals surface area contributed by atoms with Gasteiger partial charge >= 0.3 is 0 Å². The maximum atomic E-state index is 11.0. The summed E-state index contributed by atoms with van der Waals surface area (Å²) in [6, 6.07) is 2.99. The van der Waals surface area contributed by atoms with Crippen molar-refractivity contribution in [2.75, 3.05) is 7.11 Å². The number of aromatic nitrogens is 1. The molecule has 1 aromatic carbocycles. The highest BCUT2D eigenvalue weighted by molar-refractivity contribution is 9.08. The van der Waals surface area contributed by atoms with E-state index in [4.69, 9.17) is 9.47 Å². The van der Waals surface area contributed by atoms with Crippen LogP contribution in [0.3, 0.4) is 0 Å². The zero-order valence-electron chi connectivity index (χ0n) is 10.5. The monoisotopic (exact) mass is 358 g/mol. The Balaban J connectivity index is 2.30. The highest BCUT2D eigenvalue weighted by Gasteiger charge is 2.19. The molecule has 6 nitrogen and oxygen atoms in total. The maximum Gasteiger partial charge on any atom is 0.277 e. The van der Waals surface area contributed by atoms with Crippen LogP contribution in [0.25, 0.3) is 0 Å². The Bertz CT molecular complexity index is 604. The molecule has 1 aromatic heterocycles. The smallest absolute Gasteiger partial charge is 0.277 e. The summed E-state index contributed by atoms with van der Waals surface area (Å²) in [5.74, 6) is 0.812. The molecule has 0 spiro atoms. The van der Waals surface area contributed by atoms with Gasteiger partial charge in [-0.05, 0) is 6.07 Å². The highest BCUT2D eigenvalue weighted by atomic mass is 79.9. The van der Waals surface area contributed by atoms with Gasteiger partial charge in [0.1, 0.15) is 6.61 Å². The van der Waals surface area contributed by atoms with Gasteiger partial charge in [-0.1, -0.05) is 15.9 Å². The molecule has 0 bridgehead atoms. The number of nitro groups is 1. The van der Waals surface area contributed by atoms with E-state index in [1.54, 1.807) is 17.8 Å². The number of nitrogens with zero attached hydrogens (tertiary/aromatic N) is 2. The minimum atomic E-state index is -0.435. The summed E-state index contributed by atoms with van der Waals surface area (Å²) in [5, 5.41) is 11.4. The molecule has 0 fully saturated rings. The second kappa shape index (κ2) is 6.67. The largest absolute Gasteiger partial charge is 0.493 e. The van der Waals surface area contributed by atoms with E-state index in [2.05, 4.69) is 20.9 Å². The second-order valence-corrected chi connectivity index (χ2v) is 5.31. The normalized spacial score (nSPS) is 10.3. The van der Waals surface area contributed by atoms with Crippen molar-refractivity contribution in [1.82, 2.24) is 4.98 Å². The zero-order chi connectivity index (χ0) is 14.5. The molecule has 0 aliphatic carbocycles. The van der Waals surface area contributed by atoms with Crippen LogP contribution >= 0.6 is 27.3 Å². The average Bonchev–Trinajstić information content (AvgIpc) is 2.97. The molecule has 8 heteroatoms. The van der Waals surface area contributed by atoms with Crippen molar-refractivity contribution in [3.63, 3.8) is 0 Å². The number of hydrogen-bond donors (Lipinski definition) is 0. The van der Waals surface area contributed by atoms with Crippen LogP contribution < -0.4 is 9.47 Å². The van der Waals surface area contributed by atoms with Crippen LogP contribution in [0.5, 0.6) is 11.5 Å². The molecule has 0 atom stereocenters. The Morgan fingerprint density at radius 3 is 2.80 bits per heavy atom. The summed E-state index contributed by atoms with van der Waals surface area (Å²) >= 11 is 4.68. The van der Waals surface area contributed by atoms with Crippen molar-refractivity contribution in [3.8, 4) is 11.5 Å². The van der Waals surface area contributed by atoms with E-state index in [1.165, 1.54) is 24.5 Å². The Morgan fingerprint density at radius 2 is 2.25 bits per heavy atom. The van der Waals surface area contributed by atoms with E-state index in [0.717, 1.165) is 4.88 Å². The van der Waals surface area contributed by atoms with Gasteiger partial charge in [-0.2, -0.15) is 0 Å². The van der Waals surface area contributed by atoms with Crippen LogP contribution in [0.15, 0.2) is 23.8 Å². The van der Waals surface area contributed by atoms with Crippen LogP contribution in [0.1, 0.15) is 10.4 Å². The molecule has 2 rings (SSSR count). The van der Waals surface area contributed by atoms with E-state index >= 15 is 0 Å². The standard InChI is InChI=1S/C12H11BrN2O4S/c1-18-11-2-8(4-13)10(15(16)17)3-12(11)19-6-9-5-14-7-20-9/h2-3,5,7H,4,6H2,1H3. The number of nitro benzene ring substituents is 1. The minimum absolute atomic E-state index is 0.00183. The fraction of sp³-hybridized carbons (Fsp3) is 0.250. The molecule has 1 heterocycles. The molecule has 0 unspecified atom stereocenters. The molecule has 0 amide bonds. The lowest BCUT2D eigenvalue weighted by atomic mass is 10.2. The molecular weight excluding hydrogens is 348 g/mol. The van der Waals surface area contributed by atoms with E-state index in [-0.39, 0.29) is 5.69 Å². The van der Waals surface area contributed by atoms with Gasteiger partial charge in [0.15, 0.2) is 11.5 Å². The Labute approximate surface area is 127 Å². The molecule has 106 valence electrons. The number of hydrogen-bond acceptors (Lipinski definition) is 6. The van der Waals surface area contributed by atoms with Crippen LogP contribution in [0, 0.1) is 10.1 Å². The summed E-state index contributed by atoms with van der Waals surface area (Å²) < 4.78 is 10.8. The van der Waals surface area contributed by atoms with Crippen LogP contribution in [-0.2, 0) is 11.9 Å².